The first-order valence-corrected chi connectivity index (χ1v) is 10.0. The molecule has 0 bridgehead atoms. The predicted molar refractivity (Wildman–Crippen MR) is 119 cm³/mol. The Labute approximate surface area is 178 Å². The highest BCUT2D eigenvalue weighted by atomic mass is 19.1. The summed E-state index contributed by atoms with van der Waals surface area (Å²) in [5.74, 6) is 0.774. The lowest BCUT2D eigenvalue weighted by Gasteiger charge is -2.26. The van der Waals surface area contributed by atoms with Crippen LogP contribution < -0.4 is 20.5 Å². The maximum atomic E-state index is 14.3. The predicted octanol–water partition coefficient (Wildman–Crippen LogP) is 4.19. The fraction of sp³-hybridized carbons (Fsp3) is 0.217. The fourth-order valence-corrected chi connectivity index (χ4v) is 4.08. The first-order chi connectivity index (χ1) is 15.0. The number of hydrogen-bond acceptors (Lipinski definition) is 6. The molecular formula is C23H22FN5O2. The molecule has 4 aromatic rings. The molecule has 158 valence electrons. The Balaban J connectivity index is 1.82. The Hall–Kier alpha value is -3.81. The number of nitrogens with two attached hydrogens (primary N) is 1. The van der Waals surface area contributed by atoms with Crippen LogP contribution in [0, 0.1) is 5.82 Å². The maximum absolute atomic E-state index is 14.3. The van der Waals surface area contributed by atoms with Gasteiger partial charge in [-0.15, -0.1) is 0 Å². The molecular weight excluding hydrogens is 397 g/mol. The van der Waals surface area contributed by atoms with E-state index in [0.717, 1.165) is 27.8 Å². The highest BCUT2D eigenvalue weighted by Gasteiger charge is 2.26. The molecule has 4 N–H and O–H groups in total. The Kier molecular flexibility index (Phi) is 4.43. The van der Waals surface area contributed by atoms with Crippen LogP contribution in [-0.4, -0.2) is 34.9 Å². The van der Waals surface area contributed by atoms with Crippen molar-refractivity contribution in [2.75, 3.05) is 19.0 Å². The van der Waals surface area contributed by atoms with Crippen LogP contribution in [0.4, 0.5) is 10.1 Å². The normalized spacial score (nSPS) is 13.6. The molecule has 0 saturated carbocycles. The zero-order valence-corrected chi connectivity index (χ0v) is 17.4. The fourth-order valence-electron chi connectivity index (χ4n) is 4.08. The van der Waals surface area contributed by atoms with Gasteiger partial charge >= 0.3 is 0 Å². The SMILES string of the molecule is COc1ccc2c3c(cc(OC(C)C)c2n1)C(c1ccc(F)c2[nH]ncc12)=C(N)CN3. The zero-order chi connectivity index (χ0) is 21.7. The molecule has 2 aromatic carbocycles. The standard InChI is InChI=1S/C23H22FN5O2/c1-11(2)31-18-8-14-20(12-4-6-16(24)22-15(12)9-27-29-22)17(25)10-26-21(14)13-5-7-19(30-3)28-23(13)18/h4-9,11,26H,10,25H2,1-3H3,(H,27,29). The first-order valence-electron chi connectivity index (χ1n) is 10.0. The number of benzene rings is 2. The lowest BCUT2D eigenvalue weighted by molar-refractivity contribution is 0.245. The van der Waals surface area contributed by atoms with Crippen LogP contribution in [0.2, 0.25) is 0 Å². The number of nitrogens with zero attached hydrogens (tertiary/aromatic N) is 2. The lowest BCUT2D eigenvalue weighted by Crippen LogP contribution is -2.21. The number of pyridine rings is 1. The smallest absolute Gasteiger partial charge is 0.213 e. The van der Waals surface area contributed by atoms with E-state index in [1.807, 2.05) is 32.0 Å². The van der Waals surface area contributed by atoms with E-state index >= 15 is 0 Å². The van der Waals surface area contributed by atoms with Gasteiger partial charge in [0.2, 0.25) is 5.88 Å². The number of hydrogen-bond donors (Lipinski definition) is 3. The van der Waals surface area contributed by atoms with Gasteiger partial charge in [-0.25, -0.2) is 9.37 Å². The summed E-state index contributed by atoms with van der Waals surface area (Å²) in [7, 11) is 1.58. The van der Waals surface area contributed by atoms with Gasteiger partial charge in [0.25, 0.3) is 0 Å². The number of anilines is 1. The number of rotatable bonds is 4. The number of H-pyrrole nitrogens is 1. The van der Waals surface area contributed by atoms with Crippen molar-refractivity contribution in [3.63, 3.8) is 0 Å². The monoisotopic (exact) mass is 419 g/mol. The average Bonchev–Trinajstić information content (AvgIpc) is 3.25. The summed E-state index contributed by atoms with van der Waals surface area (Å²) in [5, 5.41) is 11.7. The van der Waals surface area contributed by atoms with E-state index in [4.69, 9.17) is 15.2 Å². The molecule has 1 aliphatic heterocycles. The molecule has 0 saturated heterocycles. The number of aromatic amines is 1. The van der Waals surface area contributed by atoms with Crippen LogP contribution in [0.25, 0.3) is 27.4 Å². The van der Waals surface area contributed by atoms with Crippen LogP contribution in [0.1, 0.15) is 25.0 Å². The van der Waals surface area contributed by atoms with E-state index in [1.165, 1.54) is 6.07 Å². The summed E-state index contributed by atoms with van der Waals surface area (Å²) in [6.45, 7) is 4.37. The van der Waals surface area contributed by atoms with Gasteiger partial charge < -0.3 is 20.5 Å². The number of nitrogens with one attached hydrogen (secondary N) is 2. The van der Waals surface area contributed by atoms with Crippen LogP contribution in [0.5, 0.6) is 11.6 Å². The van der Waals surface area contributed by atoms with E-state index < -0.39 is 0 Å². The summed E-state index contributed by atoms with van der Waals surface area (Å²) < 4.78 is 25.7. The Morgan fingerprint density at radius 3 is 2.74 bits per heavy atom. The maximum Gasteiger partial charge on any atom is 0.213 e. The largest absolute Gasteiger partial charge is 0.489 e. The van der Waals surface area contributed by atoms with E-state index in [9.17, 15) is 4.39 Å². The van der Waals surface area contributed by atoms with E-state index in [2.05, 4.69) is 20.5 Å². The molecule has 0 fully saturated rings. The molecule has 0 unspecified atom stereocenters. The second kappa shape index (κ2) is 7.16. The third-order valence-corrected chi connectivity index (χ3v) is 5.37. The van der Waals surface area contributed by atoms with Gasteiger partial charge in [0.1, 0.15) is 22.6 Å². The zero-order valence-electron chi connectivity index (χ0n) is 17.4. The van der Waals surface area contributed by atoms with Crippen molar-refractivity contribution in [2.45, 2.75) is 20.0 Å². The van der Waals surface area contributed by atoms with Crippen LogP contribution in [0.15, 0.2) is 42.2 Å². The highest BCUT2D eigenvalue weighted by Crippen LogP contribution is 2.44. The molecule has 31 heavy (non-hydrogen) atoms. The highest BCUT2D eigenvalue weighted by molar-refractivity contribution is 6.08. The number of aromatic nitrogens is 3. The third-order valence-electron chi connectivity index (χ3n) is 5.37. The average molecular weight is 419 g/mol. The molecule has 0 atom stereocenters. The van der Waals surface area contributed by atoms with Gasteiger partial charge in [0.05, 0.1) is 31.6 Å². The summed E-state index contributed by atoms with van der Waals surface area (Å²) >= 11 is 0. The van der Waals surface area contributed by atoms with Crippen molar-refractivity contribution in [3.8, 4) is 11.6 Å². The lowest BCUT2D eigenvalue weighted by atomic mass is 9.88. The van der Waals surface area contributed by atoms with Gasteiger partial charge in [-0.05, 0) is 37.6 Å². The number of fused-ring (bicyclic) bond motifs is 4. The summed E-state index contributed by atoms with van der Waals surface area (Å²) in [4.78, 5) is 4.63. The van der Waals surface area contributed by atoms with Crippen LogP contribution in [0.3, 0.4) is 0 Å². The Morgan fingerprint density at radius 2 is 1.97 bits per heavy atom. The molecule has 7 nitrogen and oxygen atoms in total. The molecule has 0 spiro atoms. The minimum Gasteiger partial charge on any atom is -0.489 e. The van der Waals surface area contributed by atoms with Crippen molar-refractivity contribution in [2.24, 2.45) is 5.73 Å². The van der Waals surface area contributed by atoms with E-state index in [-0.39, 0.29) is 11.9 Å². The van der Waals surface area contributed by atoms with Crippen LogP contribution >= 0.6 is 0 Å². The Bertz CT molecular complexity index is 1360. The molecule has 0 radical (unpaired) electrons. The minimum absolute atomic E-state index is 0.0537. The molecule has 0 amide bonds. The molecule has 5 rings (SSSR count). The van der Waals surface area contributed by atoms with Crippen molar-refractivity contribution < 1.29 is 13.9 Å². The van der Waals surface area contributed by atoms with E-state index in [0.29, 0.717) is 40.3 Å². The quantitative estimate of drug-likeness (QED) is 0.459. The second-order valence-electron chi connectivity index (χ2n) is 7.72. The topological polar surface area (TPSA) is 98.1 Å². The van der Waals surface area contributed by atoms with Crippen molar-refractivity contribution in [1.82, 2.24) is 15.2 Å². The number of halogens is 1. The van der Waals surface area contributed by atoms with Gasteiger partial charge in [-0.2, -0.15) is 5.10 Å². The van der Waals surface area contributed by atoms with Crippen molar-refractivity contribution in [1.29, 1.82) is 0 Å². The minimum atomic E-state index is -0.358. The van der Waals surface area contributed by atoms with Crippen molar-refractivity contribution in [3.05, 3.63) is 59.2 Å². The molecule has 3 heterocycles. The van der Waals surface area contributed by atoms with Gasteiger partial charge in [-0.1, -0.05) is 6.07 Å². The first kappa shape index (κ1) is 19.2. The third kappa shape index (κ3) is 3.02. The Morgan fingerprint density at radius 1 is 1.13 bits per heavy atom. The van der Waals surface area contributed by atoms with Gasteiger partial charge in [-0.3, -0.25) is 5.10 Å². The molecule has 2 aromatic heterocycles. The van der Waals surface area contributed by atoms with Gasteiger partial charge in [0.15, 0.2) is 0 Å². The molecule has 0 aliphatic carbocycles. The van der Waals surface area contributed by atoms with E-state index in [1.54, 1.807) is 19.4 Å². The summed E-state index contributed by atoms with van der Waals surface area (Å²) in [5.41, 5.74) is 11.6. The molecule has 1 aliphatic rings. The summed E-state index contributed by atoms with van der Waals surface area (Å²) in [6.07, 6.45) is 1.57. The second-order valence-corrected chi connectivity index (χ2v) is 7.72. The molecule has 8 heteroatoms. The number of ether oxygens (including phenoxy) is 2. The van der Waals surface area contributed by atoms with Crippen molar-refractivity contribution >= 4 is 33.1 Å². The van der Waals surface area contributed by atoms with Crippen LogP contribution in [-0.2, 0) is 0 Å². The van der Waals surface area contributed by atoms with Gasteiger partial charge in [0, 0.05) is 33.7 Å². The summed E-state index contributed by atoms with van der Waals surface area (Å²) in [6, 6.07) is 8.88. The number of methoxy groups -OCH3 is 1.